The van der Waals surface area contributed by atoms with Gasteiger partial charge in [-0.15, -0.1) is 0 Å². The molecule has 0 spiro atoms. The maximum Gasteiger partial charge on any atom is 0.546 e. The highest BCUT2D eigenvalue weighted by Crippen LogP contribution is 2.28. The second-order valence-corrected chi connectivity index (χ2v) is 2.56. The summed E-state index contributed by atoms with van der Waals surface area (Å²) in [5.41, 5.74) is 0.706. The summed E-state index contributed by atoms with van der Waals surface area (Å²) in [7, 11) is 1.46. The second-order valence-electron chi connectivity index (χ2n) is 2.56. The van der Waals surface area contributed by atoms with Crippen molar-refractivity contribution in [3.8, 4) is 5.75 Å². The van der Waals surface area contributed by atoms with E-state index in [9.17, 15) is 10.1 Å². The molecule has 14 heavy (non-hydrogen) atoms. The Kier molecular flexibility index (Phi) is 1.81. The van der Waals surface area contributed by atoms with Crippen LogP contribution in [0.2, 0.25) is 0 Å². The lowest BCUT2D eigenvalue weighted by molar-refractivity contribution is -0.406. The Morgan fingerprint density at radius 2 is 2.36 bits per heavy atom. The van der Waals surface area contributed by atoms with Crippen molar-refractivity contribution in [1.29, 1.82) is 0 Å². The molecule has 1 aromatic carbocycles. The Morgan fingerprint density at radius 3 is 3.00 bits per heavy atom. The average Bonchev–Trinajstić information content (AvgIpc) is 2.60. The van der Waals surface area contributed by atoms with E-state index in [1.54, 1.807) is 18.2 Å². The van der Waals surface area contributed by atoms with Crippen LogP contribution >= 0.6 is 0 Å². The van der Waals surface area contributed by atoms with Gasteiger partial charge in [0.25, 0.3) is 0 Å². The van der Waals surface area contributed by atoms with Crippen LogP contribution in [0.4, 0.5) is 6.01 Å². The highest BCUT2D eigenvalue weighted by atomic mass is 16.7. The van der Waals surface area contributed by atoms with Crippen molar-refractivity contribution in [1.82, 2.24) is 4.98 Å². The molecule has 0 aliphatic rings. The van der Waals surface area contributed by atoms with Gasteiger partial charge in [0, 0.05) is 9.91 Å². The van der Waals surface area contributed by atoms with E-state index in [4.69, 9.17) is 9.15 Å². The van der Waals surface area contributed by atoms with Gasteiger partial charge in [-0.2, -0.15) is 0 Å². The van der Waals surface area contributed by atoms with Gasteiger partial charge < -0.3 is 19.3 Å². The molecule has 6 heteroatoms. The van der Waals surface area contributed by atoms with E-state index in [0.717, 1.165) is 0 Å². The molecule has 1 aromatic heterocycles. The van der Waals surface area contributed by atoms with Crippen molar-refractivity contribution in [3.05, 3.63) is 28.3 Å². The number of rotatable bonds is 2. The van der Waals surface area contributed by atoms with Crippen molar-refractivity contribution in [2.75, 3.05) is 7.11 Å². The molecule has 0 atom stereocenters. The minimum atomic E-state index is -0.681. The molecular weight excluding hydrogens is 188 g/mol. The Labute approximate surface area is 78.3 Å². The lowest BCUT2D eigenvalue weighted by atomic mass is 10.3. The van der Waals surface area contributed by atoms with Crippen LogP contribution in [0.1, 0.15) is 0 Å². The topological polar surface area (TPSA) is 78.4 Å². The first kappa shape index (κ1) is 8.49. The summed E-state index contributed by atoms with van der Waals surface area (Å²) in [6.07, 6.45) is 0. The zero-order valence-electron chi connectivity index (χ0n) is 7.26. The summed E-state index contributed by atoms with van der Waals surface area (Å²) in [5.74, 6) is 0.433. The molecule has 2 rings (SSSR count). The first-order valence-electron chi connectivity index (χ1n) is 3.80. The van der Waals surface area contributed by atoms with Gasteiger partial charge >= 0.3 is 6.01 Å². The number of hydrogen-bond donors (Lipinski definition) is 0. The minimum Gasteiger partial charge on any atom is -0.493 e. The average molecular weight is 194 g/mol. The van der Waals surface area contributed by atoms with Gasteiger partial charge in [0.05, 0.1) is 7.11 Å². The molecule has 0 radical (unpaired) electrons. The van der Waals surface area contributed by atoms with Gasteiger partial charge in [-0.1, -0.05) is 6.07 Å². The van der Waals surface area contributed by atoms with Gasteiger partial charge in [-0.3, -0.25) is 0 Å². The lowest BCUT2D eigenvalue weighted by Gasteiger charge is -1.95. The number of fused-ring (bicyclic) bond motifs is 1. The quantitative estimate of drug-likeness (QED) is 0.537. The molecule has 0 N–H and O–H groups in total. The highest BCUT2D eigenvalue weighted by molar-refractivity contribution is 5.80. The molecule has 1 heterocycles. The third kappa shape index (κ3) is 1.17. The normalized spacial score (nSPS) is 10.4. The standard InChI is InChI=1S/C8H6N2O4/c1-13-6-4-2-3-5-7(6)14-8(9-5)10(11)12/h2-4H,1H3. The van der Waals surface area contributed by atoms with Gasteiger partial charge in [0.2, 0.25) is 11.1 Å². The van der Waals surface area contributed by atoms with E-state index in [2.05, 4.69) is 4.98 Å². The maximum absolute atomic E-state index is 10.4. The summed E-state index contributed by atoms with van der Waals surface area (Å²) in [6.45, 7) is 0. The molecule has 0 unspecified atom stereocenters. The van der Waals surface area contributed by atoms with E-state index >= 15 is 0 Å². The fourth-order valence-electron chi connectivity index (χ4n) is 1.15. The molecular formula is C8H6N2O4. The molecule has 72 valence electrons. The zero-order chi connectivity index (χ0) is 10.1. The van der Waals surface area contributed by atoms with Crippen LogP contribution in [0.5, 0.6) is 5.75 Å². The van der Waals surface area contributed by atoms with Gasteiger partial charge in [-0.25, -0.2) is 0 Å². The van der Waals surface area contributed by atoms with E-state index in [1.807, 2.05) is 0 Å². The molecule has 0 saturated carbocycles. The highest BCUT2D eigenvalue weighted by Gasteiger charge is 2.19. The predicted octanol–water partition coefficient (Wildman–Crippen LogP) is 1.74. The van der Waals surface area contributed by atoms with Crippen LogP contribution < -0.4 is 4.74 Å². The first-order chi connectivity index (χ1) is 6.72. The summed E-state index contributed by atoms with van der Waals surface area (Å²) >= 11 is 0. The third-order valence-electron chi connectivity index (χ3n) is 1.74. The van der Waals surface area contributed by atoms with Crippen LogP contribution in [-0.4, -0.2) is 17.0 Å². The predicted molar refractivity (Wildman–Crippen MR) is 47.2 cm³/mol. The molecule has 2 aromatic rings. The van der Waals surface area contributed by atoms with Crippen LogP contribution in [0.15, 0.2) is 22.6 Å². The Bertz CT molecular complexity index is 491. The van der Waals surface area contributed by atoms with Crippen molar-refractivity contribution in [2.45, 2.75) is 0 Å². The van der Waals surface area contributed by atoms with Crippen LogP contribution in [0.25, 0.3) is 11.1 Å². The van der Waals surface area contributed by atoms with Gasteiger partial charge in [0.1, 0.15) is 0 Å². The summed E-state index contributed by atoms with van der Waals surface area (Å²) in [5, 5.41) is 10.4. The van der Waals surface area contributed by atoms with Crippen LogP contribution in [-0.2, 0) is 0 Å². The smallest absolute Gasteiger partial charge is 0.493 e. The number of oxazole rings is 1. The fraction of sp³-hybridized carbons (Fsp3) is 0.125. The number of nitro groups is 1. The monoisotopic (exact) mass is 194 g/mol. The number of para-hydroxylation sites is 1. The molecule has 0 bridgehead atoms. The van der Waals surface area contributed by atoms with Gasteiger partial charge in [-0.05, 0) is 12.1 Å². The van der Waals surface area contributed by atoms with Gasteiger partial charge in [0.15, 0.2) is 5.75 Å². The zero-order valence-corrected chi connectivity index (χ0v) is 7.26. The Balaban J connectivity index is 2.70. The summed E-state index contributed by atoms with van der Waals surface area (Å²) < 4.78 is 9.88. The Morgan fingerprint density at radius 1 is 1.57 bits per heavy atom. The van der Waals surface area contributed by atoms with Crippen LogP contribution in [0, 0.1) is 10.1 Å². The van der Waals surface area contributed by atoms with Crippen molar-refractivity contribution in [2.24, 2.45) is 0 Å². The number of methoxy groups -OCH3 is 1. The number of hydrogen-bond acceptors (Lipinski definition) is 5. The van der Waals surface area contributed by atoms with Crippen molar-refractivity contribution in [3.63, 3.8) is 0 Å². The fourth-order valence-corrected chi connectivity index (χ4v) is 1.15. The molecule has 6 nitrogen and oxygen atoms in total. The molecule has 0 amide bonds. The summed E-state index contributed by atoms with van der Waals surface area (Å²) in [4.78, 5) is 13.4. The van der Waals surface area contributed by atoms with E-state index in [-0.39, 0.29) is 0 Å². The van der Waals surface area contributed by atoms with Crippen LogP contribution in [0.3, 0.4) is 0 Å². The van der Waals surface area contributed by atoms with Crippen molar-refractivity contribution >= 4 is 17.1 Å². The number of nitrogens with zero attached hydrogens (tertiary/aromatic N) is 2. The van der Waals surface area contributed by atoms with E-state index in [0.29, 0.717) is 16.8 Å². The third-order valence-corrected chi connectivity index (χ3v) is 1.74. The van der Waals surface area contributed by atoms with E-state index < -0.39 is 10.9 Å². The molecule has 0 aliphatic carbocycles. The molecule has 0 aliphatic heterocycles. The first-order valence-corrected chi connectivity index (χ1v) is 3.80. The lowest BCUT2D eigenvalue weighted by Crippen LogP contribution is -1.85. The number of benzene rings is 1. The molecule has 0 saturated heterocycles. The minimum absolute atomic E-state index is 0.293. The van der Waals surface area contributed by atoms with E-state index in [1.165, 1.54) is 7.11 Å². The summed E-state index contributed by atoms with van der Waals surface area (Å²) in [6, 6.07) is 4.43. The largest absolute Gasteiger partial charge is 0.546 e. The second kappa shape index (κ2) is 2.99. The van der Waals surface area contributed by atoms with Crippen molar-refractivity contribution < 1.29 is 14.1 Å². The SMILES string of the molecule is COc1cccc2nc([N+](=O)[O-])oc12. The Hall–Kier alpha value is -2.11. The number of ether oxygens (including phenoxy) is 1. The maximum atomic E-state index is 10.4. The molecule has 0 fully saturated rings. The number of aromatic nitrogens is 1.